The Morgan fingerprint density at radius 1 is 0.771 bits per heavy atom. The van der Waals surface area contributed by atoms with Gasteiger partial charge in [0.15, 0.2) is 7.26 Å². The number of benzene rings is 4. The SMILES string of the molecule is N#C/C(=C(/S)NC(=O)c1ccc(Cl)cc1Cl)[P+](c1ccccc1)(c1ccccc1)c1ccccc1. The molecule has 0 bridgehead atoms. The predicted molar refractivity (Wildman–Crippen MR) is 151 cm³/mol. The molecular formula is C28H20Cl2N2OPS+. The Kier molecular flexibility index (Phi) is 7.96. The summed E-state index contributed by atoms with van der Waals surface area (Å²) in [5, 5.41) is 17.5. The summed E-state index contributed by atoms with van der Waals surface area (Å²) < 4.78 is 0. The third-order valence-corrected chi connectivity index (χ3v) is 10.8. The summed E-state index contributed by atoms with van der Waals surface area (Å²) >= 11 is 16.9. The molecule has 0 saturated heterocycles. The molecule has 0 aliphatic heterocycles. The average molecular weight is 534 g/mol. The summed E-state index contributed by atoms with van der Waals surface area (Å²) in [4.78, 5) is 13.1. The van der Waals surface area contributed by atoms with Gasteiger partial charge in [-0.15, -0.1) is 12.6 Å². The van der Waals surface area contributed by atoms with Crippen LogP contribution in [0.2, 0.25) is 10.0 Å². The Morgan fingerprint density at radius 2 is 1.23 bits per heavy atom. The molecule has 35 heavy (non-hydrogen) atoms. The topological polar surface area (TPSA) is 52.9 Å². The lowest BCUT2D eigenvalue weighted by molar-refractivity contribution is 0.0969. The fraction of sp³-hybridized carbons (Fsp3) is 0. The van der Waals surface area contributed by atoms with E-state index in [2.05, 4.69) is 24.0 Å². The lowest BCUT2D eigenvalue weighted by atomic mass is 10.2. The molecule has 172 valence electrons. The summed E-state index contributed by atoms with van der Waals surface area (Å²) in [6, 6.07) is 36.7. The van der Waals surface area contributed by atoms with Crippen molar-refractivity contribution < 1.29 is 4.79 Å². The van der Waals surface area contributed by atoms with Crippen LogP contribution in [0.3, 0.4) is 0 Å². The largest absolute Gasteiger partial charge is 0.313 e. The van der Waals surface area contributed by atoms with E-state index in [1.807, 2.05) is 91.0 Å². The number of rotatable bonds is 6. The highest BCUT2D eigenvalue weighted by Crippen LogP contribution is 2.63. The van der Waals surface area contributed by atoms with Crippen molar-refractivity contribution in [1.82, 2.24) is 5.32 Å². The summed E-state index contributed by atoms with van der Waals surface area (Å²) in [6.07, 6.45) is 0. The maximum atomic E-state index is 13.1. The molecule has 0 heterocycles. The zero-order chi connectivity index (χ0) is 24.8. The smallest absolute Gasteiger partial charge is 0.257 e. The van der Waals surface area contributed by atoms with Crippen molar-refractivity contribution in [2.24, 2.45) is 0 Å². The quantitative estimate of drug-likeness (QED) is 0.172. The second-order valence-corrected chi connectivity index (χ2v) is 12.2. The summed E-state index contributed by atoms with van der Waals surface area (Å²) in [5.74, 6) is -0.475. The Hall–Kier alpha value is -3.06. The molecule has 1 amide bonds. The van der Waals surface area contributed by atoms with Crippen molar-refractivity contribution in [1.29, 1.82) is 5.26 Å². The first-order valence-electron chi connectivity index (χ1n) is 10.6. The van der Waals surface area contributed by atoms with E-state index in [-0.39, 0.29) is 15.6 Å². The van der Waals surface area contributed by atoms with E-state index in [0.29, 0.717) is 10.3 Å². The number of hydrogen-bond acceptors (Lipinski definition) is 3. The average Bonchev–Trinajstić information content (AvgIpc) is 2.88. The van der Waals surface area contributed by atoms with Crippen LogP contribution in [0.15, 0.2) is 120 Å². The summed E-state index contributed by atoms with van der Waals surface area (Å²) in [7, 11) is -2.71. The molecule has 0 aliphatic rings. The fourth-order valence-electron chi connectivity index (χ4n) is 3.98. The lowest BCUT2D eigenvalue weighted by Gasteiger charge is -2.27. The molecule has 0 atom stereocenters. The van der Waals surface area contributed by atoms with Crippen molar-refractivity contribution in [2.45, 2.75) is 0 Å². The molecule has 0 radical (unpaired) electrons. The van der Waals surface area contributed by atoms with Crippen molar-refractivity contribution >= 4 is 64.9 Å². The lowest BCUT2D eigenvalue weighted by Crippen LogP contribution is -2.34. The van der Waals surface area contributed by atoms with Crippen LogP contribution in [-0.2, 0) is 0 Å². The number of hydrogen-bond donors (Lipinski definition) is 2. The molecule has 3 nitrogen and oxygen atoms in total. The van der Waals surface area contributed by atoms with E-state index in [1.54, 1.807) is 12.1 Å². The molecule has 7 heteroatoms. The fourth-order valence-corrected chi connectivity index (χ4v) is 9.13. The Balaban J connectivity index is 1.98. The monoisotopic (exact) mass is 533 g/mol. The van der Waals surface area contributed by atoms with Gasteiger partial charge in [-0.05, 0) is 54.6 Å². The van der Waals surface area contributed by atoms with E-state index in [4.69, 9.17) is 23.2 Å². The zero-order valence-corrected chi connectivity index (χ0v) is 21.7. The van der Waals surface area contributed by atoms with E-state index < -0.39 is 13.2 Å². The van der Waals surface area contributed by atoms with Gasteiger partial charge in [-0.2, -0.15) is 5.26 Å². The number of allylic oxidation sites excluding steroid dienone is 1. The molecular weight excluding hydrogens is 514 g/mol. The minimum atomic E-state index is -2.71. The van der Waals surface area contributed by atoms with Crippen LogP contribution in [-0.4, -0.2) is 5.91 Å². The van der Waals surface area contributed by atoms with Crippen LogP contribution >= 0.6 is 43.1 Å². The molecule has 0 aliphatic carbocycles. The van der Waals surface area contributed by atoms with Crippen LogP contribution in [0.4, 0.5) is 0 Å². The van der Waals surface area contributed by atoms with Gasteiger partial charge in [-0.25, -0.2) is 0 Å². The molecule has 0 spiro atoms. The summed E-state index contributed by atoms with van der Waals surface area (Å²) in [5.41, 5.74) is 0.239. The highest BCUT2D eigenvalue weighted by molar-refractivity contribution is 8.00. The Morgan fingerprint density at radius 3 is 1.63 bits per heavy atom. The Bertz CT molecular complexity index is 1330. The number of nitrogens with one attached hydrogen (secondary N) is 1. The number of carbonyl (C=O) groups is 1. The predicted octanol–water partition coefficient (Wildman–Crippen LogP) is 6.34. The first-order valence-corrected chi connectivity index (χ1v) is 13.6. The summed E-state index contributed by atoms with van der Waals surface area (Å²) in [6.45, 7) is 0. The second kappa shape index (κ2) is 11.1. The van der Waals surface area contributed by atoms with Gasteiger partial charge in [-0.1, -0.05) is 77.8 Å². The van der Waals surface area contributed by atoms with E-state index in [1.165, 1.54) is 6.07 Å². The van der Waals surface area contributed by atoms with Gasteiger partial charge in [0.2, 0.25) is 5.31 Å². The number of thiol groups is 1. The third kappa shape index (κ3) is 5.01. The van der Waals surface area contributed by atoms with Gasteiger partial charge in [0.05, 0.1) is 10.6 Å². The normalized spacial score (nSPS) is 11.8. The molecule has 0 aromatic heterocycles. The Labute approximate surface area is 220 Å². The minimum absolute atomic E-state index is 0.174. The number of carbonyl (C=O) groups excluding carboxylic acids is 1. The number of nitrogens with zero attached hydrogens (tertiary/aromatic N) is 1. The standard InChI is InChI=1S/C28H19Cl2N2OPS/c29-20-16-17-24(25(30)18-20)27(33)32-28(35)26(19-31)34(21-10-4-1-5-11-21,22-12-6-2-7-13-22)23-14-8-3-9-15-23/h1-18H,(H-,32,33,35)/p+1/b28-26-. The maximum absolute atomic E-state index is 13.1. The van der Waals surface area contributed by atoms with Crippen LogP contribution in [0.1, 0.15) is 10.4 Å². The van der Waals surface area contributed by atoms with Crippen molar-refractivity contribution in [3.8, 4) is 6.07 Å². The van der Waals surface area contributed by atoms with Gasteiger partial charge in [0.1, 0.15) is 27.0 Å². The number of nitriles is 1. The first kappa shape index (κ1) is 25.0. The van der Waals surface area contributed by atoms with E-state index in [0.717, 1.165) is 15.9 Å². The van der Waals surface area contributed by atoms with Gasteiger partial charge in [0, 0.05) is 5.02 Å². The molecule has 0 fully saturated rings. The van der Waals surface area contributed by atoms with Gasteiger partial charge < -0.3 is 5.32 Å². The van der Waals surface area contributed by atoms with Crippen molar-refractivity contribution in [2.75, 3.05) is 0 Å². The maximum Gasteiger partial charge on any atom is 0.257 e. The molecule has 4 rings (SSSR count). The zero-order valence-electron chi connectivity index (χ0n) is 18.4. The molecule has 0 unspecified atom stereocenters. The highest BCUT2D eigenvalue weighted by atomic mass is 35.5. The van der Waals surface area contributed by atoms with Gasteiger partial charge in [-0.3, -0.25) is 4.79 Å². The van der Waals surface area contributed by atoms with E-state index in [9.17, 15) is 10.1 Å². The molecule has 4 aromatic carbocycles. The minimum Gasteiger partial charge on any atom is -0.313 e. The number of amides is 1. The van der Waals surface area contributed by atoms with Gasteiger partial charge in [0.25, 0.3) is 5.91 Å². The molecule has 4 aromatic rings. The van der Waals surface area contributed by atoms with E-state index >= 15 is 0 Å². The second-order valence-electron chi connectivity index (χ2n) is 7.56. The highest BCUT2D eigenvalue weighted by Gasteiger charge is 2.51. The first-order chi connectivity index (χ1) is 17.0. The molecule has 0 saturated carbocycles. The van der Waals surface area contributed by atoms with Crippen LogP contribution in [0, 0.1) is 11.3 Å². The number of halogens is 2. The van der Waals surface area contributed by atoms with Crippen molar-refractivity contribution in [3.63, 3.8) is 0 Å². The van der Waals surface area contributed by atoms with Crippen LogP contribution in [0.25, 0.3) is 0 Å². The van der Waals surface area contributed by atoms with Crippen LogP contribution < -0.4 is 21.2 Å². The molecule has 1 N–H and O–H groups in total. The van der Waals surface area contributed by atoms with Crippen molar-refractivity contribution in [3.05, 3.63) is 135 Å². The van der Waals surface area contributed by atoms with Crippen LogP contribution in [0.5, 0.6) is 0 Å². The van der Waals surface area contributed by atoms with Gasteiger partial charge >= 0.3 is 0 Å². The third-order valence-electron chi connectivity index (χ3n) is 5.50.